The van der Waals surface area contributed by atoms with Crippen molar-refractivity contribution in [1.29, 1.82) is 0 Å². The lowest BCUT2D eigenvalue weighted by molar-refractivity contribution is -0.120. The first-order chi connectivity index (χ1) is 14.0. The fourth-order valence-corrected chi connectivity index (χ4v) is 4.77. The van der Waals surface area contributed by atoms with E-state index in [1.807, 2.05) is 4.57 Å². The zero-order chi connectivity index (χ0) is 20.6. The molecule has 2 aromatic heterocycles. The minimum atomic E-state index is -0.723. The van der Waals surface area contributed by atoms with Crippen molar-refractivity contribution in [3.05, 3.63) is 34.1 Å². The Kier molecular flexibility index (Phi) is 5.26. The first-order valence-corrected chi connectivity index (χ1v) is 10.7. The molecule has 9 heteroatoms. The zero-order valence-electron chi connectivity index (χ0n) is 16.3. The smallest absolute Gasteiger partial charge is 0.294 e. The van der Waals surface area contributed by atoms with Gasteiger partial charge in [-0.15, -0.1) is 11.3 Å². The zero-order valence-corrected chi connectivity index (χ0v) is 17.1. The molecule has 0 unspecified atom stereocenters. The summed E-state index contributed by atoms with van der Waals surface area (Å²) in [7, 11) is 0. The summed E-state index contributed by atoms with van der Waals surface area (Å²) in [6, 6.07) is 0. The maximum Gasteiger partial charge on any atom is 0.294 e. The molecular weight excluding hydrogens is 392 g/mol. The van der Waals surface area contributed by atoms with Crippen LogP contribution in [0.2, 0.25) is 0 Å². The van der Waals surface area contributed by atoms with Gasteiger partial charge in [-0.2, -0.15) is 0 Å². The summed E-state index contributed by atoms with van der Waals surface area (Å²) < 4.78 is 1.82. The molecule has 1 aliphatic heterocycles. The SMILES string of the molecule is Cc1c(C(=O)Nc2nccs2)c2n(c1C(=O)C(=O)NC1(CO)CCC1)CCCC2. The molecule has 1 aliphatic carbocycles. The van der Waals surface area contributed by atoms with Gasteiger partial charge in [0.05, 0.1) is 23.4 Å². The quantitative estimate of drug-likeness (QED) is 0.493. The highest BCUT2D eigenvalue weighted by Crippen LogP contribution is 2.32. The van der Waals surface area contributed by atoms with E-state index >= 15 is 0 Å². The fraction of sp³-hybridized carbons (Fsp3) is 0.500. The molecule has 2 amide bonds. The normalized spacial score (nSPS) is 17.2. The second-order valence-electron chi connectivity index (χ2n) is 7.77. The molecule has 0 saturated heterocycles. The second-order valence-corrected chi connectivity index (χ2v) is 8.67. The number of hydrogen-bond acceptors (Lipinski definition) is 6. The van der Waals surface area contributed by atoms with E-state index in [0.29, 0.717) is 42.1 Å². The molecule has 0 bridgehead atoms. The summed E-state index contributed by atoms with van der Waals surface area (Å²) in [5.41, 5.74) is 1.34. The Hall–Kier alpha value is -2.52. The molecule has 0 aromatic carbocycles. The summed E-state index contributed by atoms with van der Waals surface area (Å²) in [4.78, 5) is 42.8. The third-order valence-electron chi connectivity index (χ3n) is 5.95. The molecular formula is C20H24N4O4S. The summed E-state index contributed by atoms with van der Waals surface area (Å²) in [5, 5.41) is 17.4. The molecule has 154 valence electrons. The number of carbonyl (C=O) groups excluding carboxylic acids is 3. The molecule has 29 heavy (non-hydrogen) atoms. The van der Waals surface area contributed by atoms with Gasteiger partial charge in [-0.25, -0.2) is 4.98 Å². The Morgan fingerprint density at radius 1 is 1.28 bits per heavy atom. The number of Topliss-reactive ketones (excluding diaryl/α,β-unsaturated/α-hetero) is 1. The van der Waals surface area contributed by atoms with Gasteiger partial charge in [0.25, 0.3) is 17.6 Å². The van der Waals surface area contributed by atoms with Crippen molar-refractivity contribution < 1.29 is 19.5 Å². The van der Waals surface area contributed by atoms with Crippen molar-refractivity contribution in [1.82, 2.24) is 14.9 Å². The van der Waals surface area contributed by atoms with E-state index < -0.39 is 17.2 Å². The van der Waals surface area contributed by atoms with E-state index in [4.69, 9.17) is 0 Å². The molecule has 3 heterocycles. The Balaban J connectivity index is 1.66. The first kappa shape index (κ1) is 19.8. The monoisotopic (exact) mass is 416 g/mol. The average molecular weight is 417 g/mol. The molecule has 2 aromatic rings. The van der Waals surface area contributed by atoms with Crippen molar-refractivity contribution in [3.63, 3.8) is 0 Å². The van der Waals surface area contributed by atoms with Gasteiger partial charge in [-0.1, -0.05) is 0 Å². The van der Waals surface area contributed by atoms with Crippen LogP contribution in [-0.2, 0) is 17.8 Å². The number of amides is 2. The standard InChI is InChI=1S/C20H24N4O4S/c1-12-14(17(27)22-19-21-8-10-29-19)13-5-2-3-9-24(13)15(12)16(26)18(28)23-20(11-25)6-4-7-20/h8,10,25H,2-7,9,11H2,1H3,(H,23,28)(H,21,22,27). The largest absolute Gasteiger partial charge is 0.394 e. The van der Waals surface area contributed by atoms with Gasteiger partial charge in [0.1, 0.15) is 0 Å². The predicted octanol–water partition coefficient (Wildman–Crippen LogP) is 2.06. The highest BCUT2D eigenvalue weighted by Gasteiger charge is 2.40. The van der Waals surface area contributed by atoms with Crippen molar-refractivity contribution in [3.8, 4) is 0 Å². The van der Waals surface area contributed by atoms with Gasteiger partial charge in [0.15, 0.2) is 5.13 Å². The molecule has 1 saturated carbocycles. The molecule has 3 N–H and O–H groups in total. The van der Waals surface area contributed by atoms with Crippen LogP contribution in [0.5, 0.6) is 0 Å². The van der Waals surface area contributed by atoms with Gasteiger partial charge >= 0.3 is 0 Å². The lowest BCUT2D eigenvalue weighted by atomic mass is 9.77. The number of aromatic nitrogens is 2. The summed E-state index contributed by atoms with van der Waals surface area (Å²) in [6.07, 6.45) is 6.34. The molecule has 0 atom stereocenters. The van der Waals surface area contributed by atoms with E-state index in [0.717, 1.165) is 25.0 Å². The Morgan fingerprint density at radius 3 is 2.69 bits per heavy atom. The van der Waals surface area contributed by atoms with Crippen molar-refractivity contribution in [2.75, 3.05) is 11.9 Å². The second kappa shape index (κ2) is 7.72. The van der Waals surface area contributed by atoms with Gasteiger partial charge in [0, 0.05) is 23.8 Å². The third kappa shape index (κ3) is 3.49. The number of anilines is 1. The summed E-state index contributed by atoms with van der Waals surface area (Å²) >= 11 is 1.32. The van der Waals surface area contributed by atoms with Crippen LogP contribution in [0.3, 0.4) is 0 Å². The van der Waals surface area contributed by atoms with E-state index in [2.05, 4.69) is 15.6 Å². The average Bonchev–Trinajstić information content (AvgIpc) is 3.28. The molecule has 4 rings (SSSR count). The first-order valence-electron chi connectivity index (χ1n) is 9.86. The molecule has 0 radical (unpaired) electrons. The number of nitrogens with zero attached hydrogens (tertiary/aromatic N) is 2. The molecule has 1 fully saturated rings. The van der Waals surface area contributed by atoms with Gasteiger partial charge < -0.3 is 15.0 Å². The molecule has 8 nitrogen and oxygen atoms in total. The maximum absolute atomic E-state index is 13.1. The van der Waals surface area contributed by atoms with Gasteiger partial charge in [0.2, 0.25) is 0 Å². The minimum absolute atomic E-state index is 0.182. The third-order valence-corrected chi connectivity index (χ3v) is 6.64. The lowest BCUT2D eigenvalue weighted by Gasteiger charge is -2.40. The van der Waals surface area contributed by atoms with Crippen LogP contribution in [0, 0.1) is 6.92 Å². The topological polar surface area (TPSA) is 113 Å². The van der Waals surface area contributed by atoms with Crippen LogP contribution in [0.1, 0.15) is 64.2 Å². The van der Waals surface area contributed by atoms with Crippen LogP contribution < -0.4 is 10.6 Å². The number of carbonyl (C=O) groups is 3. The fourth-order valence-electron chi connectivity index (χ4n) is 4.25. The number of aliphatic hydroxyl groups is 1. The van der Waals surface area contributed by atoms with Crippen molar-refractivity contribution in [2.45, 2.75) is 57.5 Å². The molecule has 0 spiro atoms. The van der Waals surface area contributed by atoms with Gasteiger partial charge in [-0.05, 0) is 51.0 Å². The highest BCUT2D eigenvalue weighted by molar-refractivity contribution is 7.13. The van der Waals surface area contributed by atoms with Crippen LogP contribution in [-0.4, -0.2) is 44.4 Å². The van der Waals surface area contributed by atoms with Crippen molar-refractivity contribution in [2.24, 2.45) is 0 Å². The predicted molar refractivity (Wildman–Crippen MR) is 108 cm³/mol. The number of rotatable bonds is 6. The maximum atomic E-state index is 13.1. The minimum Gasteiger partial charge on any atom is -0.394 e. The molecule has 2 aliphatic rings. The van der Waals surface area contributed by atoms with Gasteiger partial charge in [-0.3, -0.25) is 19.7 Å². The number of ketones is 1. The highest BCUT2D eigenvalue weighted by atomic mass is 32.1. The Labute approximate surface area is 172 Å². The number of aliphatic hydroxyl groups excluding tert-OH is 1. The Morgan fingerprint density at radius 2 is 2.07 bits per heavy atom. The summed E-state index contributed by atoms with van der Waals surface area (Å²) in [6.45, 7) is 2.13. The number of hydrogen-bond donors (Lipinski definition) is 3. The van der Waals surface area contributed by atoms with Crippen LogP contribution in [0.25, 0.3) is 0 Å². The van der Waals surface area contributed by atoms with E-state index in [-0.39, 0.29) is 18.2 Å². The number of nitrogens with one attached hydrogen (secondary N) is 2. The van der Waals surface area contributed by atoms with E-state index in [1.165, 1.54) is 11.3 Å². The van der Waals surface area contributed by atoms with Crippen LogP contribution >= 0.6 is 11.3 Å². The van der Waals surface area contributed by atoms with Crippen molar-refractivity contribution >= 4 is 34.1 Å². The van der Waals surface area contributed by atoms with Crippen LogP contribution in [0.4, 0.5) is 5.13 Å². The van der Waals surface area contributed by atoms with E-state index in [9.17, 15) is 19.5 Å². The number of thiazole rings is 1. The van der Waals surface area contributed by atoms with Crippen LogP contribution in [0.15, 0.2) is 11.6 Å². The Bertz CT molecular complexity index is 954. The lowest BCUT2D eigenvalue weighted by Crippen LogP contribution is -2.57. The summed E-state index contributed by atoms with van der Waals surface area (Å²) in [5.74, 6) is -1.69. The van der Waals surface area contributed by atoms with E-state index in [1.54, 1.807) is 18.5 Å². The number of fused-ring (bicyclic) bond motifs is 1.